The first-order chi connectivity index (χ1) is 14.3. The zero-order valence-electron chi connectivity index (χ0n) is 18.0. The Bertz CT molecular complexity index is 868. The molecule has 7 nitrogen and oxygen atoms in total. The van der Waals surface area contributed by atoms with Crippen molar-refractivity contribution in [3.05, 3.63) is 53.1 Å². The molecule has 8 heteroatoms. The van der Waals surface area contributed by atoms with E-state index in [-0.39, 0.29) is 5.91 Å². The Hall–Kier alpha value is -2.77. The average Bonchev–Trinajstić information content (AvgIpc) is 2.70. The van der Waals surface area contributed by atoms with Crippen molar-refractivity contribution in [3.63, 3.8) is 0 Å². The summed E-state index contributed by atoms with van der Waals surface area (Å²) in [6.45, 7) is 7.42. The fourth-order valence-corrected chi connectivity index (χ4v) is 3.20. The molecule has 0 atom stereocenters. The number of carbonyl (C=O) groups excluding carboxylic acids is 2. The zero-order valence-corrected chi connectivity index (χ0v) is 18.7. The maximum atomic E-state index is 12.8. The summed E-state index contributed by atoms with van der Waals surface area (Å²) >= 11 is 5.95. The number of rotatable bonds is 9. The van der Waals surface area contributed by atoms with Crippen molar-refractivity contribution in [2.45, 2.75) is 13.8 Å². The van der Waals surface area contributed by atoms with Gasteiger partial charge >= 0.3 is 6.03 Å². The number of benzene rings is 2. The molecule has 0 spiro atoms. The van der Waals surface area contributed by atoms with Gasteiger partial charge in [0, 0.05) is 49.3 Å². The van der Waals surface area contributed by atoms with Crippen LogP contribution in [0, 0.1) is 0 Å². The molecule has 162 valence electrons. The first kappa shape index (κ1) is 23.5. The lowest BCUT2D eigenvalue weighted by atomic mass is 10.1. The molecule has 0 saturated heterocycles. The number of urea groups is 1. The maximum Gasteiger partial charge on any atom is 0.323 e. The van der Waals surface area contributed by atoms with Crippen LogP contribution in [-0.4, -0.2) is 57.1 Å². The number of likely N-dealkylation sites (N-methyl/N-ethyl adjacent to an activating group) is 1. The van der Waals surface area contributed by atoms with E-state index in [1.54, 1.807) is 36.4 Å². The molecule has 0 aliphatic heterocycles. The van der Waals surface area contributed by atoms with E-state index < -0.39 is 6.03 Å². The molecule has 0 heterocycles. The Labute approximate surface area is 183 Å². The molecule has 2 aromatic rings. The van der Waals surface area contributed by atoms with E-state index in [9.17, 15) is 9.59 Å². The average molecular weight is 432 g/mol. The SMILES string of the molecule is CCN(CC)CCNC(=O)c1cc(NC(=O)Nc2cccc(Cl)c2)ccc1N(C)C. The minimum absolute atomic E-state index is 0.176. The van der Waals surface area contributed by atoms with Gasteiger partial charge < -0.3 is 25.8 Å². The molecule has 2 aromatic carbocycles. The molecule has 0 saturated carbocycles. The molecular formula is C22H30ClN5O2. The van der Waals surface area contributed by atoms with Crippen LogP contribution in [0.25, 0.3) is 0 Å². The molecule has 2 rings (SSSR count). The van der Waals surface area contributed by atoms with Crippen molar-refractivity contribution in [1.29, 1.82) is 0 Å². The quantitative estimate of drug-likeness (QED) is 0.558. The third-order valence-electron chi connectivity index (χ3n) is 4.67. The first-order valence-electron chi connectivity index (χ1n) is 9.99. The monoisotopic (exact) mass is 431 g/mol. The van der Waals surface area contributed by atoms with E-state index in [1.165, 1.54) is 0 Å². The van der Waals surface area contributed by atoms with Crippen LogP contribution >= 0.6 is 11.6 Å². The Kier molecular flexibility index (Phi) is 8.95. The van der Waals surface area contributed by atoms with Crippen molar-refractivity contribution in [1.82, 2.24) is 10.2 Å². The van der Waals surface area contributed by atoms with Gasteiger partial charge in [0.2, 0.25) is 0 Å². The Morgan fingerprint density at radius 2 is 1.63 bits per heavy atom. The predicted octanol–water partition coefficient (Wildman–Crippen LogP) is 4.12. The van der Waals surface area contributed by atoms with Crippen LogP contribution in [0.4, 0.5) is 21.9 Å². The van der Waals surface area contributed by atoms with Crippen molar-refractivity contribution in [2.24, 2.45) is 0 Å². The highest BCUT2D eigenvalue weighted by Crippen LogP contribution is 2.23. The second kappa shape index (κ2) is 11.4. The van der Waals surface area contributed by atoms with E-state index >= 15 is 0 Å². The maximum absolute atomic E-state index is 12.8. The second-order valence-electron chi connectivity index (χ2n) is 7.00. The summed E-state index contributed by atoms with van der Waals surface area (Å²) in [5.41, 5.74) is 2.38. The highest BCUT2D eigenvalue weighted by atomic mass is 35.5. The third kappa shape index (κ3) is 6.93. The van der Waals surface area contributed by atoms with Crippen molar-refractivity contribution in [2.75, 3.05) is 55.8 Å². The highest BCUT2D eigenvalue weighted by Gasteiger charge is 2.15. The summed E-state index contributed by atoms with van der Waals surface area (Å²) in [6, 6.07) is 11.7. The van der Waals surface area contributed by atoms with Gasteiger partial charge in [-0.2, -0.15) is 0 Å². The lowest BCUT2D eigenvalue weighted by Crippen LogP contribution is -2.35. The summed E-state index contributed by atoms with van der Waals surface area (Å²) in [4.78, 5) is 29.2. The molecule has 0 unspecified atom stereocenters. The molecule has 0 aliphatic rings. The normalized spacial score (nSPS) is 10.6. The Balaban J connectivity index is 2.09. The van der Waals surface area contributed by atoms with E-state index in [1.807, 2.05) is 25.1 Å². The molecular weight excluding hydrogens is 402 g/mol. The Morgan fingerprint density at radius 1 is 0.967 bits per heavy atom. The fraction of sp³-hybridized carbons (Fsp3) is 0.364. The number of nitrogens with zero attached hydrogens (tertiary/aromatic N) is 2. The van der Waals surface area contributed by atoms with Gasteiger partial charge in [-0.1, -0.05) is 31.5 Å². The van der Waals surface area contributed by atoms with Crippen molar-refractivity contribution in [3.8, 4) is 0 Å². The lowest BCUT2D eigenvalue weighted by Gasteiger charge is -2.20. The van der Waals surface area contributed by atoms with Gasteiger partial charge in [0.05, 0.1) is 5.56 Å². The fourth-order valence-electron chi connectivity index (χ4n) is 3.01. The predicted molar refractivity (Wildman–Crippen MR) is 125 cm³/mol. The van der Waals surface area contributed by atoms with Crippen LogP contribution in [0.15, 0.2) is 42.5 Å². The Morgan fingerprint density at radius 3 is 2.23 bits per heavy atom. The van der Waals surface area contributed by atoms with E-state index in [2.05, 4.69) is 34.7 Å². The van der Waals surface area contributed by atoms with Gasteiger partial charge in [-0.25, -0.2) is 4.79 Å². The second-order valence-corrected chi connectivity index (χ2v) is 7.44. The summed E-state index contributed by atoms with van der Waals surface area (Å²) in [5, 5.41) is 8.99. The smallest absolute Gasteiger partial charge is 0.323 e. The summed E-state index contributed by atoms with van der Waals surface area (Å²) in [6.07, 6.45) is 0. The van der Waals surface area contributed by atoms with Gasteiger partial charge in [-0.15, -0.1) is 0 Å². The van der Waals surface area contributed by atoms with Crippen LogP contribution in [0.3, 0.4) is 0 Å². The molecule has 0 bridgehead atoms. The molecule has 3 N–H and O–H groups in total. The summed E-state index contributed by atoms with van der Waals surface area (Å²) in [7, 11) is 3.75. The molecule has 0 fully saturated rings. The molecule has 30 heavy (non-hydrogen) atoms. The summed E-state index contributed by atoms with van der Waals surface area (Å²) < 4.78 is 0. The van der Waals surface area contributed by atoms with E-state index in [0.717, 1.165) is 25.3 Å². The van der Waals surface area contributed by atoms with Gasteiger partial charge in [-0.3, -0.25) is 4.79 Å². The minimum Gasteiger partial charge on any atom is -0.377 e. The van der Waals surface area contributed by atoms with Crippen LogP contribution in [0.2, 0.25) is 5.02 Å². The summed E-state index contributed by atoms with van der Waals surface area (Å²) in [5.74, 6) is -0.176. The number of nitrogens with one attached hydrogen (secondary N) is 3. The molecule has 0 aromatic heterocycles. The van der Waals surface area contributed by atoms with Crippen LogP contribution < -0.4 is 20.9 Å². The van der Waals surface area contributed by atoms with Gasteiger partial charge in [0.15, 0.2) is 0 Å². The van der Waals surface area contributed by atoms with E-state index in [4.69, 9.17) is 11.6 Å². The largest absolute Gasteiger partial charge is 0.377 e. The molecule has 0 aliphatic carbocycles. The van der Waals surface area contributed by atoms with Gasteiger partial charge in [0.25, 0.3) is 5.91 Å². The number of hydrogen-bond acceptors (Lipinski definition) is 4. The number of carbonyl (C=O) groups is 2. The molecule has 3 amide bonds. The minimum atomic E-state index is -0.414. The van der Waals surface area contributed by atoms with Crippen molar-refractivity contribution >= 4 is 40.6 Å². The lowest BCUT2D eigenvalue weighted by molar-refractivity contribution is 0.0949. The topological polar surface area (TPSA) is 76.7 Å². The number of anilines is 3. The number of amides is 3. The van der Waals surface area contributed by atoms with Crippen LogP contribution in [0.5, 0.6) is 0 Å². The van der Waals surface area contributed by atoms with Gasteiger partial charge in [0.1, 0.15) is 0 Å². The molecule has 0 radical (unpaired) electrons. The van der Waals surface area contributed by atoms with Crippen LogP contribution in [-0.2, 0) is 0 Å². The number of halogens is 1. The zero-order chi connectivity index (χ0) is 22.1. The van der Waals surface area contributed by atoms with Crippen molar-refractivity contribution < 1.29 is 9.59 Å². The first-order valence-corrected chi connectivity index (χ1v) is 10.4. The third-order valence-corrected chi connectivity index (χ3v) is 4.91. The highest BCUT2D eigenvalue weighted by molar-refractivity contribution is 6.30. The standard InChI is InChI=1S/C22H30ClN5O2/c1-5-28(6-2)13-12-24-21(29)19-15-18(10-11-20(19)27(3)4)26-22(30)25-17-9-7-8-16(23)14-17/h7-11,14-15H,5-6,12-13H2,1-4H3,(H,24,29)(H2,25,26,30). The van der Waals surface area contributed by atoms with Crippen LogP contribution in [0.1, 0.15) is 24.2 Å². The van der Waals surface area contributed by atoms with E-state index in [0.29, 0.717) is 28.5 Å². The number of hydrogen-bond donors (Lipinski definition) is 3. The van der Waals surface area contributed by atoms with Gasteiger partial charge in [-0.05, 0) is 49.5 Å².